The van der Waals surface area contributed by atoms with Gasteiger partial charge in [0.25, 0.3) is 0 Å². The summed E-state index contributed by atoms with van der Waals surface area (Å²) in [5, 5.41) is 10.6. The molecule has 1 rings (SSSR count). The number of hydrogen-bond acceptors (Lipinski definition) is 4. The molecule has 0 aliphatic carbocycles. The molecule has 4 heteroatoms. The standard InChI is InChI=1S/C10H18N2OS/c1-6(2)8(13)5-9-11-10(7(3)4)12-14-9/h6-8,13H,5H2,1-4H3. The van der Waals surface area contributed by atoms with E-state index in [4.69, 9.17) is 0 Å². The minimum Gasteiger partial charge on any atom is -0.392 e. The van der Waals surface area contributed by atoms with Crippen LogP contribution in [0.25, 0.3) is 0 Å². The van der Waals surface area contributed by atoms with Crippen molar-refractivity contribution in [3.05, 3.63) is 10.8 Å². The highest BCUT2D eigenvalue weighted by atomic mass is 32.1. The first-order valence-electron chi connectivity index (χ1n) is 5.01. The van der Waals surface area contributed by atoms with Crippen molar-refractivity contribution in [3.63, 3.8) is 0 Å². The molecular formula is C10H18N2OS. The van der Waals surface area contributed by atoms with Crippen molar-refractivity contribution in [1.82, 2.24) is 9.36 Å². The number of aliphatic hydroxyl groups is 1. The van der Waals surface area contributed by atoms with Crippen LogP contribution in [0, 0.1) is 5.92 Å². The molecule has 0 aromatic carbocycles. The van der Waals surface area contributed by atoms with Gasteiger partial charge in [-0.2, -0.15) is 4.37 Å². The van der Waals surface area contributed by atoms with Gasteiger partial charge in [-0.05, 0) is 17.5 Å². The molecular weight excluding hydrogens is 196 g/mol. The molecule has 1 atom stereocenters. The summed E-state index contributed by atoms with van der Waals surface area (Å²) >= 11 is 1.40. The van der Waals surface area contributed by atoms with Crippen LogP contribution < -0.4 is 0 Å². The summed E-state index contributed by atoms with van der Waals surface area (Å²) < 4.78 is 4.25. The quantitative estimate of drug-likeness (QED) is 0.836. The third-order valence-electron chi connectivity index (χ3n) is 2.15. The molecule has 0 saturated heterocycles. The Balaban J connectivity index is 2.60. The average molecular weight is 214 g/mol. The number of rotatable bonds is 4. The minimum atomic E-state index is -0.303. The number of aliphatic hydroxyl groups excluding tert-OH is 1. The summed E-state index contributed by atoms with van der Waals surface area (Å²) in [6.45, 7) is 8.17. The summed E-state index contributed by atoms with van der Waals surface area (Å²) in [6, 6.07) is 0. The largest absolute Gasteiger partial charge is 0.392 e. The summed E-state index contributed by atoms with van der Waals surface area (Å²) in [5.74, 6) is 1.54. The Kier molecular flexibility index (Phi) is 4.01. The van der Waals surface area contributed by atoms with Gasteiger partial charge < -0.3 is 5.11 Å². The molecule has 0 radical (unpaired) electrons. The van der Waals surface area contributed by atoms with Gasteiger partial charge in [-0.15, -0.1) is 0 Å². The number of aromatic nitrogens is 2. The third kappa shape index (κ3) is 3.03. The van der Waals surface area contributed by atoms with Crippen LogP contribution in [0.15, 0.2) is 0 Å². The minimum absolute atomic E-state index is 0.279. The molecule has 1 heterocycles. The summed E-state index contributed by atoms with van der Waals surface area (Å²) in [7, 11) is 0. The molecule has 1 N–H and O–H groups in total. The molecule has 0 aliphatic rings. The van der Waals surface area contributed by atoms with Crippen molar-refractivity contribution < 1.29 is 5.11 Å². The van der Waals surface area contributed by atoms with Crippen LogP contribution in [-0.4, -0.2) is 20.6 Å². The van der Waals surface area contributed by atoms with E-state index in [0.717, 1.165) is 10.8 Å². The van der Waals surface area contributed by atoms with Gasteiger partial charge in [0.2, 0.25) is 0 Å². The van der Waals surface area contributed by atoms with Gasteiger partial charge in [0.15, 0.2) is 0 Å². The van der Waals surface area contributed by atoms with Crippen LogP contribution in [0.1, 0.15) is 44.4 Å². The fraction of sp³-hybridized carbons (Fsp3) is 0.800. The van der Waals surface area contributed by atoms with Gasteiger partial charge in [0.1, 0.15) is 10.8 Å². The number of hydrogen-bond donors (Lipinski definition) is 1. The molecule has 0 bridgehead atoms. The maximum Gasteiger partial charge on any atom is 0.145 e. The van der Waals surface area contributed by atoms with Crippen molar-refractivity contribution in [2.24, 2.45) is 5.92 Å². The first-order valence-corrected chi connectivity index (χ1v) is 5.78. The Bertz CT molecular complexity index is 283. The van der Waals surface area contributed by atoms with Crippen LogP contribution in [0.4, 0.5) is 0 Å². The summed E-state index contributed by atoms with van der Waals surface area (Å²) in [6.07, 6.45) is 0.324. The zero-order valence-electron chi connectivity index (χ0n) is 9.19. The molecule has 1 unspecified atom stereocenters. The van der Waals surface area contributed by atoms with Crippen molar-refractivity contribution in [2.45, 2.75) is 46.1 Å². The highest BCUT2D eigenvalue weighted by Crippen LogP contribution is 2.16. The molecule has 0 spiro atoms. The second-order valence-corrected chi connectivity index (χ2v) is 5.05. The Morgan fingerprint density at radius 1 is 1.29 bits per heavy atom. The molecule has 3 nitrogen and oxygen atoms in total. The lowest BCUT2D eigenvalue weighted by Crippen LogP contribution is -2.17. The zero-order chi connectivity index (χ0) is 10.7. The first-order chi connectivity index (χ1) is 6.50. The van der Waals surface area contributed by atoms with Gasteiger partial charge in [0, 0.05) is 12.3 Å². The van der Waals surface area contributed by atoms with Crippen LogP contribution in [0.5, 0.6) is 0 Å². The van der Waals surface area contributed by atoms with Crippen molar-refractivity contribution in [3.8, 4) is 0 Å². The van der Waals surface area contributed by atoms with Crippen LogP contribution in [-0.2, 0) is 6.42 Å². The normalized spacial score (nSPS) is 13.9. The molecule has 0 saturated carbocycles. The second kappa shape index (κ2) is 4.84. The van der Waals surface area contributed by atoms with Gasteiger partial charge in [-0.3, -0.25) is 0 Å². The Morgan fingerprint density at radius 3 is 2.36 bits per heavy atom. The second-order valence-electron chi connectivity index (χ2n) is 4.22. The van der Waals surface area contributed by atoms with Gasteiger partial charge >= 0.3 is 0 Å². The summed E-state index contributed by atoms with van der Waals surface area (Å²) in [5.41, 5.74) is 0. The van der Waals surface area contributed by atoms with E-state index in [9.17, 15) is 5.11 Å². The van der Waals surface area contributed by atoms with E-state index in [0.29, 0.717) is 12.3 Å². The fourth-order valence-corrected chi connectivity index (χ4v) is 1.83. The monoisotopic (exact) mass is 214 g/mol. The lowest BCUT2D eigenvalue weighted by molar-refractivity contribution is 0.125. The Hall–Kier alpha value is -0.480. The van der Waals surface area contributed by atoms with Gasteiger partial charge in [0.05, 0.1) is 6.10 Å². The average Bonchev–Trinajstić information content (AvgIpc) is 2.52. The lowest BCUT2D eigenvalue weighted by atomic mass is 10.1. The van der Waals surface area contributed by atoms with E-state index < -0.39 is 0 Å². The van der Waals surface area contributed by atoms with Crippen LogP contribution in [0.2, 0.25) is 0 Å². The van der Waals surface area contributed by atoms with Crippen molar-refractivity contribution in [1.29, 1.82) is 0 Å². The summed E-state index contributed by atoms with van der Waals surface area (Å²) in [4.78, 5) is 4.38. The van der Waals surface area contributed by atoms with E-state index >= 15 is 0 Å². The highest BCUT2D eigenvalue weighted by Gasteiger charge is 2.14. The van der Waals surface area contributed by atoms with Gasteiger partial charge in [-0.25, -0.2) is 4.98 Å². The van der Waals surface area contributed by atoms with Crippen molar-refractivity contribution >= 4 is 11.5 Å². The molecule has 1 aromatic heterocycles. The molecule has 14 heavy (non-hydrogen) atoms. The predicted octanol–water partition coefficient (Wildman–Crippen LogP) is 2.22. The maximum atomic E-state index is 9.67. The van der Waals surface area contributed by atoms with E-state index in [-0.39, 0.29) is 12.0 Å². The Labute approximate surface area is 89.4 Å². The van der Waals surface area contributed by atoms with Crippen molar-refractivity contribution in [2.75, 3.05) is 0 Å². The lowest BCUT2D eigenvalue weighted by Gasteiger charge is -2.11. The smallest absolute Gasteiger partial charge is 0.145 e. The van der Waals surface area contributed by atoms with E-state index in [2.05, 4.69) is 23.2 Å². The fourth-order valence-electron chi connectivity index (χ4n) is 1.00. The third-order valence-corrected chi connectivity index (χ3v) is 2.90. The molecule has 80 valence electrons. The zero-order valence-corrected chi connectivity index (χ0v) is 10.0. The maximum absolute atomic E-state index is 9.67. The Morgan fingerprint density at radius 2 is 1.93 bits per heavy atom. The topological polar surface area (TPSA) is 46.0 Å². The molecule has 0 amide bonds. The molecule has 0 fully saturated rings. The molecule has 1 aromatic rings. The highest BCUT2D eigenvalue weighted by molar-refractivity contribution is 7.05. The van der Waals surface area contributed by atoms with Crippen LogP contribution in [0.3, 0.4) is 0 Å². The van der Waals surface area contributed by atoms with Gasteiger partial charge in [-0.1, -0.05) is 27.7 Å². The first kappa shape index (κ1) is 11.6. The number of nitrogens with zero attached hydrogens (tertiary/aromatic N) is 2. The predicted molar refractivity (Wildman–Crippen MR) is 58.5 cm³/mol. The molecule has 0 aliphatic heterocycles. The SMILES string of the molecule is CC(C)c1nsc(CC(O)C(C)C)n1. The van der Waals surface area contributed by atoms with Crippen LogP contribution >= 0.6 is 11.5 Å². The van der Waals surface area contributed by atoms with E-state index in [1.807, 2.05) is 13.8 Å². The van der Waals surface area contributed by atoms with E-state index in [1.54, 1.807) is 0 Å². The van der Waals surface area contributed by atoms with E-state index in [1.165, 1.54) is 11.5 Å².